The third kappa shape index (κ3) is 2.83. The predicted octanol–water partition coefficient (Wildman–Crippen LogP) is 1.68. The smallest absolute Gasteiger partial charge is 0.224 e. The summed E-state index contributed by atoms with van der Waals surface area (Å²) in [6.45, 7) is 2.18. The van der Waals surface area contributed by atoms with Crippen molar-refractivity contribution < 1.29 is 4.79 Å². The van der Waals surface area contributed by atoms with Gasteiger partial charge < -0.3 is 20.9 Å². The topological polar surface area (TPSA) is 61.6 Å². The van der Waals surface area contributed by atoms with Crippen molar-refractivity contribution in [1.29, 1.82) is 0 Å². The normalized spacial score (nSPS) is 22.0. The van der Waals surface area contributed by atoms with Crippen molar-refractivity contribution in [2.75, 3.05) is 43.1 Å². The van der Waals surface area contributed by atoms with Gasteiger partial charge in [-0.25, -0.2) is 0 Å². The van der Waals surface area contributed by atoms with Crippen molar-refractivity contribution in [3.8, 4) is 0 Å². The Morgan fingerprint density at radius 1 is 1.43 bits per heavy atom. The fraction of sp³-hybridized carbons (Fsp3) is 0.562. The van der Waals surface area contributed by atoms with Crippen LogP contribution in [0.1, 0.15) is 24.8 Å². The third-order valence-corrected chi connectivity index (χ3v) is 4.72. The van der Waals surface area contributed by atoms with E-state index in [2.05, 4.69) is 35.3 Å². The first-order chi connectivity index (χ1) is 10.0. The summed E-state index contributed by atoms with van der Waals surface area (Å²) in [4.78, 5) is 16.1. The van der Waals surface area contributed by atoms with Crippen LogP contribution in [0.5, 0.6) is 0 Å². The van der Waals surface area contributed by atoms with E-state index in [1.807, 2.05) is 6.07 Å². The number of likely N-dealkylation sites (N-methyl/N-ethyl adjacent to an activating group) is 2. The minimum Gasteiger partial charge on any atom is -0.397 e. The Kier molecular flexibility index (Phi) is 3.76. The first-order valence-electron chi connectivity index (χ1n) is 7.68. The molecular weight excluding hydrogens is 264 g/mol. The molecule has 0 spiro atoms. The highest BCUT2D eigenvalue weighted by Gasteiger charge is 2.24. The monoisotopic (exact) mass is 288 g/mol. The molecule has 2 aliphatic heterocycles. The number of fused-ring (bicyclic) bond motifs is 1. The molecule has 5 heteroatoms. The van der Waals surface area contributed by atoms with E-state index in [0.29, 0.717) is 12.5 Å². The molecule has 1 amide bonds. The summed E-state index contributed by atoms with van der Waals surface area (Å²) in [5, 5.41) is 2.90. The number of benzene rings is 1. The van der Waals surface area contributed by atoms with Crippen molar-refractivity contribution in [3.05, 3.63) is 17.7 Å². The fourth-order valence-electron chi connectivity index (χ4n) is 3.39. The highest BCUT2D eigenvalue weighted by molar-refractivity contribution is 5.95. The number of aryl methyl sites for hydroxylation is 1. The fourth-order valence-corrected chi connectivity index (χ4v) is 3.39. The summed E-state index contributed by atoms with van der Waals surface area (Å²) in [5.74, 6) is 0.0792. The number of nitrogens with one attached hydrogen (secondary N) is 1. The van der Waals surface area contributed by atoms with Gasteiger partial charge in [-0.05, 0) is 50.6 Å². The maximum Gasteiger partial charge on any atom is 0.224 e. The van der Waals surface area contributed by atoms with E-state index in [-0.39, 0.29) is 5.91 Å². The Bertz CT molecular complexity index is 557. The zero-order valence-electron chi connectivity index (χ0n) is 12.9. The Labute approximate surface area is 126 Å². The molecule has 1 atom stereocenters. The van der Waals surface area contributed by atoms with Gasteiger partial charge >= 0.3 is 0 Å². The van der Waals surface area contributed by atoms with Gasteiger partial charge in [0.15, 0.2) is 0 Å². The molecule has 1 aromatic rings. The highest BCUT2D eigenvalue weighted by atomic mass is 16.1. The lowest BCUT2D eigenvalue weighted by Gasteiger charge is -2.29. The molecule has 3 N–H and O–H groups in total. The number of nitrogens with zero attached hydrogens (tertiary/aromatic N) is 2. The standard InChI is InChI=1S/C16H24N4O/c1-19-7-3-4-12(19)10-20(2)15-8-11-5-6-16(21)18-14(11)9-13(15)17/h8-9,12H,3-7,10,17H2,1-2H3,(H,18,21). The maximum absolute atomic E-state index is 11.5. The van der Waals surface area contributed by atoms with Crippen molar-refractivity contribution in [2.24, 2.45) is 0 Å². The summed E-state index contributed by atoms with van der Waals surface area (Å²) in [6.07, 6.45) is 3.89. The van der Waals surface area contributed by atoms with E-state index < -0.39 is 0 Å². The number of nitrogen functional groups attached to an aromatic ring is 1. The number of carbonyl (C=O) groups is 1. The van der Waals surface area contributed by atoms with Gasteiger partial charge in [0.1, 0.15) is 0 Å². The molecule has 2 heterocycles. The van der Waals surface area contributed by atoms with Crippen LogP contribution in [-0.4, -0.2) is 44.0 Å². The lowest BCUT2D eigenvalue weighted by Crippen LogP contribution is -2.37. The van der Waals surface area contributed by atoms with Crippen LogP contribution in [0, 0.1) is 0 Å². The van der Waals surface area contributed by atoms with Gasteiger partial charge in [0.2, 0.25) is 5.91 Å². The maximum atomic E-state index is 11.5. The van der Waals surface area contributed by atoms with Crippen LogP contribution < -0.4 is 16.0 Å². The minimum absolute atomic E-state index is 0.0792. The Balaban J connectivity index is 1.80. The van der Waals surface area contributed by atoms with Gasteiger partial charge in [-0.15, -0.1) is 0 Å². The first kappa shape index (κ1) is 14.2. The number of nitrogens with two attached hydrogens (primary N) is 1. The Morgan fingerprint density at radius 2 is 2.24 bits per heavy atom. The van der Waals surface area contributed by atoms with Gasteiger partial charge in [-0.3, -0.25) is 4.79 Å². The van der Waals surface area contributed by atoms with Gasteiger partial charge in [0.25, 0.3) is 0 Å². The summed E-state index contributed by atoms with van der Waals surface area (Å²) in [7, 11) is 4.29. The number of hydrogen-bond acceptors (Lipinski definition) is 4. The van der Waals surface area contributed by atoms with Crippen LogP contribution in [0.2, 0.25) is 0 Å². The molecular formula is C16H24N4O. The molecule has 5 nitrogen and oxygen atoms in total. The minimum atomic E-state index is 0.0792. The van der Waals surface area contributed by atoms with E-state index in [1.165, 1.54) is 24.9 Å². The van der Waals surface area contributed by atoms with Crippen LogP contribution in [0.3, 0.4) is 0 Å². The van der Waals surface area contributed by atoms with E-state index in [1.54, 1.807) is 0 Å². The molecule has 21 heavy (non-hydrogen) atoms. The largest absolute Gasteiger partial charge is 0.397 e. The quantitative estimate of drug-likeness (QED) is 0.831. The molecule has 0 aromatic heterocycles. The first-order valence-corrected chi connectivity index (χ1v) is 7.68. The van der Waals surface area contributed by atoms with Crippen LogP contribution >= 0.6 is 0 Å². The third-order valence-electron chi connectivity index (χ3n) is 4.72. The summed E-state index contributed by atoms with van der Waals surface area (Å²) in [5.41, 5.74) is 10.1. The molecule has 114 valence electrons. The van der Waals surface area contributed by atoms with Crippen LogP contribution in [0.4, 0.5) is 17.1 Å². The number of amides is 1. The molecule has 1 unspecified atom stereocenters. The Hall–Kier alpha value is -1.75. The molecule has 0 bridgehead atoms. The average molecular weight is 288 g/mol. The molecule has 3 rings (SSSR count). The van der Waals surface area contributed by atoms with Gasteiger partial charge in [-0.1, -0.05) is 0 Å². The molecule has 1 saturated heterocycles. The second-order valence-electron chi connectivity index (χ2n) is 6.27. The van der Waals surface area contributed by atoms with Crippen molar-refractivity contribution in [3.63, 3.8) is 0 Å². The van der Waals surface area contributed by atoms with Crippen molar-refractivity contribution in [1.82, 2.24) is 4.90 Å². The van der Waals surface area contributed by atoms with Crippen LogP contribution in [0.15, 0.2) is 12.1 Å². The van der Waals surface area contributed by atoms with Gasteiger partial charge in [0, 0.05) is 31.7 Å². The summed E-state index contributed by atoms with van der Waals surface area (Å²) in [6, 6.07) is 4.64. The van der Waals surface area contributed by atoms with Crippen molar-refractivity contribution in [2.45, 2.75) is 31.7 Å². The second-order valence-corrected chi connectivity index (χ2v) is 6.27. The SMILES string of the molecule is CN(CC1CCCN1C)c1cc2c(cc1N)NC(=O)CC2. The number of carbonyl (C=O) groups excluding carboxylic acids is 1. The molecule has 0 saturated carbocycles. The number of rotatable bonds is 3. The van der Waals surface area contributed by atoms with Gasteiger partial charge in [0.05, 0.1) is 11.4 Å². The molecule has 1 fully saturated rings. The summed E-state index contributed by atoms with van der Waals surface area (Å²) >= 11 is 0. The average Bonchev–Trinajstić information content (AvgIpc) is 2.83. The van der Waals surface area contributed by atoms with E-state index in [9.17, 15) is 4.79 Å². The predicted molar refractivity (Wildman–Crippen MR) is 86.7 cm³/mol. The molecule has 0 radical (unpaired) electrons. The van der Waals surface area contributed by atoms with E-state index in [0.717, 1.165) is 30.0 Å². The second kappa shape index (κ2) is 5.56. The van der Waals surface area contributed by atoms with Crippen LogP contribution in [-0.2, 0) is 11.2 Å². The molecule has 0 aliphatic carbocycles. The van der Waals surface area contributed by atoms with E-state index >= 15 is 0 Å². The molecule has 1 aromatic carbocycles. The van der Waals surface area contributed by atoms with Crippen molar-refractivity contribution >= 4 is 23.0 Å². The van der Waals surface area contributed by atoms with Gasteiger partial charge in [-0.2, -0.15) is 0 Å². The number of likely N-dealkylation sites (tertiary alicyclic amines) is 1. The molecule has 2 aliphatic rings. The number of hydrogen-bond donors (Lipinski definition) is 2. The lowest BCUT2D eigenvalue weighted by atomic mass is 10.0. The zero-order valence-corrected chi connectivity index (χ0v) is 12.9. The summed E-state index contributed by atoms with van der Waals surface area (Å²) < 4.78 is 0. The van der Waals surface area contributed by atoms with Crippen LogP contribution in [0.25, 0.3) is 0 Å². The highest BCUT2D eigenvalue weighted by Crippen LogP contribution is 2.33. The number of anilines is 3. The lowest BCUT2D eigenvalue weighted by molar-refractivity contribution is -0.116. The zero-order chi connectivity index (χ0) is 15.0. The Morgan fingerprint density at radius 3 is 2.95 bits per heavy atom. The van der Waals surface area contributed by atoms with E-state index in [4.69, 9.17) is 5.73 Å².